The smallest absolute Gasteiger partial charge is 0.275 e. The van der Waals surface area contributed by atoms with Gasteiger partial charge in [0, 0.05) is 30.0 Å². The van der Waals surface area contributed by atoms with E-state index in [1.165, 1.54) is 29.9 Å². The minimum absolute atomic E-state index is 0.0834. The molecule has 0 bridgehead atoms. The predicted molar refractivity (Wildman–Crippen MR) is 134 cm³/mol. The Hall–Kier alpha value is -3.65. The molecule has 9 heteroatoms. The summed E-state index contributed by atoms with van der Waals surface area (Å²) in [6, 6.07) is 11.7. The number of halogens is 1. The number of amides is 2. The maximum Gasteiger partial charge on any atom is 0.275 e. The first kappa shape index (κ1) is 24.1. The Morgan fingerprint density at radius 2 is 1.81 bits per heavy atom. The van der Waals surface area contributed by atoms with Crippen molar-refractivity contribution in [1.29, 1.82) is 0 Å². The fourth-order valence-corrected chi connectivity index (χ4v) is 4.84. The molecule has 186 valence electrons. The Morgan fingerprint density at radius 3 is 2.56 bits per heavy atom. The molecule has 0 unspecified atom stereocenters. The van der Waals surface area contributed by atoms with Gasteiger partial charge in [-0.25, -0.2) is 4.98 Å². The number of aromatic nitrogens is 2. The van der Waals surface area contributed by atoms with Crippen molar-refractivity contribution >= 4 is 23.4 Å². The van der Waals surface area contributed by atoms with Crippen LogP contribution in [0.3, 0.4) is 0 Å². The number of rotatable bonds is 7. The summed E-state index contributed by atoms with van der Waals surface area (Å²) in [7, 11) is 0. The van der Waals surface area contributed by atoms with Crippen molar-refractivity contribution in [2.24, 2.45) is 0 Å². The number of hydrogen-bond acceptors (Lipinski definition) is 6. The first-order valence-electron chi connectivity index (χ1n) is 12.1. The molecule has 1 N–H and O–H groups in total. The fourth-order valence-electron chi connectivity index (χ4n) is 4.72. The van der Waals surface area contributed by atoms with Crippen LogP contribution in [0.15, 0.2) is 61.1 Å². The fraction of sp³-hybridized carbons (Fsp3) is 0.333. The third kappa shape index (κ3) is 5.44. The van der Waals surface area contributed by atoms with E-state index >= 15 is 0 Å². The second-order valence-corrected chi connectivity index (χ2v) is 9.45. The number of nitrogens with zero attached hydrogens (tertiary/aromatic N) is 3. The number of ether oxygens (including phenoxy) is 2. The molecule has 0 spiro atoms. The highest BCUT2D eigenvalue weighted by Crippen LogP contribution is 2.34. The maximum atomic E-state index is 13.8. The van der Waals surface area contributed by atoms with Crippen molar-refractivity contribution in [3.05, 3.63) is 82.9 Å². The van der Waals surface area contributed by atoms with Gasteiger partial charge in [0.2, 0.25) is 12.7 Å². The van der Waals surface area contributed by atoms with Gasteiger partial charge in [-0.1, -0.05) is 49.1 Å². The molecule has 5 rings (SSSR count). The molecular formula is C27H27ClN4O4. The van der Waals surface area contributed by atoms with E-state index in [4.69, 9.17) is 21.1 Å². The van der Waals surface area contributed by atoms with Gasteiger partial charge < -0.3 is 19.7 Å². The van der Waals surface area contributed by atoms with Crippen molar-refractivity contribution in [1.82, 2.24) is 20.2 Å². The van der Waals surface area contributed by atoms with E-state index in [2.05, 4.69) is 15.3 Å². The Balaban J connectivity index is 1.53. The molecule has 0 saturated heterocycles. The maximum absolute atomic E-state index is 13.8. The first-order valence-corrected chi connectivity index (χ1v) is 12.5. The van der Waals surface area contributed by atoms with E-state index < -0.39 is 11.9 Å². The number of carbonyl (C=O) groups is 2. The first-order chi connectivity index (χ1) is 17.6. The molecular weight excluding hydrogens is 480 g/mol. The van der Waals surface area contributed by atoms with Crippen LogP contribution in [0.4, 0.5) is 0 Å². The summed E-state index contributed by atoms with van der Waals surface area (Å²) < 4.78 is 11.0. The number of hydrogen-bond donors (Lipinski definition) is 1. The summed E-state index contributed by atoms with van der Waals surface area (Å²) in [6.45, 7) is 0.301. The lowest BCUT2D eigenvalue weighted by atomic mass is 9.94. The second-order valence-electron chi connectivity index (χ2n) is 9.01. The summed E-state index contributed by atoms with van der Waals surface area (Å²) in [5, 5.41) is 3.75. The summed E-state index contributed by atoms with van der Waals surface area (Å²) in [5.74, 6) is 0.616. The molecule has 2 aromatic carbocycles. The van der Waals surface area contributed by atoms with E-state index in [0.717, 1.165) is 31.2 Å². The lowest BCUT2D eigenvalue weighted by molar-refractivity contribution is -0.127. The largest absolute Gasteiger partial charge is 0.454 e. The van der Waals surface area contributed by atoms with Gasteiger partial charge in [-0.2, -0.15) is 0 Å². The predicted octanol–water partition coefficient (Wildman–Crippen LogP) is 4.69. The topological polar surface area (TPSA) is 93.7 Å². The Bertz CT molecular complexity index is 1220. The van der Waals surface area contributed by atoms with Gasteiger partial charge in [-0.15, -0.1) is 0 Å². The van der Waals surface area contributed by atoms with Crippen molar-refractivity contribution < 1.29 is 19.1 Å². The zero-order valence-corrected chi connectivity index (χ0v) is 20.5. The van der Waals surface area contributed by atoms with Crippen LogP contribution >= 0.6 is 11.6 Å². The minimum Gasteiger partial charge on any atom is -0.454 e. The van der Waals surface area contributed by atoms with Gasteiger partial charge in [0.05, 0.1) is 6.20 Å². The SMILES string of the molecule is O=C(NC1CCCCC1)[C@@H](c1ccc(Cl)cc1)N(Cc1ccc2c(c1)OCO2)C(=O)c1cnccn1. The summed E-state index contributed by atoms with van der Waals surface area (Å²) in [5.41, 5.74) is 1.61. The monoisotopic (exact) mass is 506 g/mol. The van der Waals surface area contributed by atoms with Gasteiger partial charge in [0.1, 0.15) is 11.7 Å². The summed E-state index contributed by atoms with van der Waals surface area (Å²) >= 11 is 6.15. The highest BCUT2D eigenvalue weighted by atomic mass is 35.5. The normalized spacial score (nSPS) is 15.8. The van der Waals surface area contributed by atoms with E-state index in [0.29, 0.717) is 22.1 Å². The lowest BCUT2D eigenvalue weighted by Gasteiger charge is -2.33. The van der Waals surface area contributed by atoms with Gasteiger partial charge in [-0.05, 0) is 48.2 Å². The molecule has 2 heterocycles. The van der Waals surface area contributed by atoms with Crippen molar-refractivity contribution in [2.75, 3.05) is 6.79 Å². The van der Waals surface area contributed by atoms with Gasteiger partial charge in [0.25, 0.3) is 5.91 Å². The van der Waals surface area contributed by atoms with Crippen LogP contribution in [0.25, 0.3) is 0 Å². The zero-order valence-electron chi connectivity index (χ0n) is 19.7. The third-order valence-electron chi connectivity index (χ3n) is 6.53. The molecule has 8 nitrogen and oxygen atoms in total. The molecule has 1 saturated carbocycles. The Labute approximate surface area is 214 Å². The number of carbonyl (C=O) groups excluding carboxylic acids is 2. The molecule has 2 aliphatic rings. The summed E-state index contributed by atoms with van der Waals surface area (Å²) in [6.07, 6.45) is 9.57. The number of benzene rings is 2. The Kier molecular flexibility index (Phi) is 7.32. The van der Waals surface area contributed by atoms with Gasteiger partial charge in [-0.3, -0.25) is 14.6 Å². The van der Waals surface area contributed by atoms with E-state index in [1.54, 1.807) is 24.3 Å². The summed E-state index contributed by atoms with van der Waals surface area (Å²) in [4.78, 5) is 37.5. The molecule has 1 atom stereocenters. The molecule has 1 aliphatic heterocycles. The van der Waals surface area contributed by atoms with Crippen LogP contribution in [0.2, 0.25) is 5.02 Å². The van der Waals surface area contributed by atoms with Gasteiger partial charge in [0.15, 0.2) is 11.5 Å². The van der Waals surface area contributed by atoms with E-state index in [1.807, 2.05) is 18.2 Å². The van der Waals surface area contributed by atoms with E-state index in [9.17, 15) is 9.59 Å². The van der Waals surface area contributed by atoms with Crippen LogP contribution < -0.4 is 14.8 Å². The zero-order chi connectivity index (χ0) is 24.9. The van der Waals surface area contributed by atoms with Crippen LogP contribution in [0, 0.1) is 0 Å². The Morgan fingerprint density at radius 1 is 1.03 bits per heavy atom. The minimum atomic E-state index is -0.899. The number of nitrogens with one attached hydrogen (secondary N) is 1. The third-order valence-corrected chi connectivity index (χ3v) is 6.78. The molecule has 0 radical (unpaired) electrons. The van der Waals surface area contributed by atoms with Gasteiger partial charge >= 0.3 is 0 Å². The average molecular weight is 507 g/mol. The molecule has 36 heavy (non-hydrogen) atoms. The standard InChI is InChI=1S/C27H27ClN4O4/c28-20-9-7-19(8-10-20)25(26(33)31-21-4-2-1-3-5-21)32(27(34)22-15-29-12-13-30-22)16-18-6-11-23-24(14-18)36-17-35-23/h6-15,21,25H,1-5,16-17H2,(H,31,33)/t25-/m1/s1. The molecule has 1 aliphatic carbocycles. The van der Waals surface area contributed by atoms with E-state index in [-0.39, 0.29) is 31.0 Å². The highest BCUT2D eigenvalue weighted by molar-refractivity contribution is 6.30. The molecule has 1 fully saturated rings. The lowest BCUT2D eigenvalue weighted by Crippen LogP contribution is -2.47. The van der Waals surface area contributed by atoms with Crippen LogP contribution in [-0.2, 0) is 11.3 Å². The molecule has 2 amide bonds. The average Bonchev–Trinajstić information content (AvgIpc) is 3.38. The van der Waals surface area contributed by atoms with Crippen LogP contribution in [0.1, 0.15) is 59.8 Å². The molecule has 1 aromatic heterocycles. The number of fused-ring (bicyclic) bond motifs is 1. The molecule has 3 aromatic rings. The quantitative estimate of drug-likeness (QED) is 0.499. The van der Waals surface area contributed by atoms with Crippen molar-refractivity contribution in [2.45, 2.75) is 50.7 Å². The van der Waals surface area contributed by atoms with Crippen LogP contribution in [0.5, 0.6) is 11.5 Å². The second kappa shape index (κ2) is 11.0. The van der Waals surface area contributed by atoms with Crippen molar-refractivity contribution in [3.8, 4) is 11.5 Å². The van der Waals surface area contributed by atoms with Crippen LogP contribution in [-0.4, -0.2) is 39.5 Å². The van der Waals surface area contributed by atoms with Crippen molar-refractivity contribution in [3.63, 3.8) is 0 Å². The highest BCUT2D eigenvalue weighted by Gasteiger charge is 2.34.